The Labute approximate surface area is 201 Å². The van der Waals surface area contributed by atoms with Gasteiger partial charge in [0.1, 0.15) is 0 Å². The molecule has 2 N–H and O–H groups in total. The van der Waals surface area contributed by atoms with Crippen LogP contribution in [0.3, 0.4) is 0 Å². The van der Waals surface area contributed by atoms with Crippen molar-refractivity contribution in [2.75, 3.05) is 19.9 Å². The molecule has 1 saturated heterocycles. The van der Waals surface area contributed by atoms with E-state index in [1.54, 1.807) is 0 Å². The van der Waals surface area contributed by atoms with Crippen molar-refractivity contribution < 1.29 is 23.7 Å². The number of ether oxygens (including phenoxy) is 4. The van der Waals surface area contributed by atoms with E-state index in [1.807, 2.05) is 30.5 Å². The van der Waals surface area contributed by atoms with Crippen LogP contribution in [0.2, 0.25) is 0 Å². The second-order valence-corrected chi connectivity index (χ2v) is 9.19. The number of H-pyrrole nitrogens is 1. The van der Waals surface area contributed by atoms with E-state index < -0.39 is 6.09 Å². The summed E-state index contributed by atoms with van der Waals surface area (Å²) in [6.45, 7) is 1.44. The molecule has 3 aliphatic heterocycles. The van der Waals surface area contributed by atoms with Gasteiger partial charge in [-0.2, -0.15) is 0 Å². The first-order valence-corrected chi connectivity index (χ1v) is 12.0. The van der Waals surface area contributed by atoms with Gasteiger partial charge in [-0.3, -0.25) is 0 Å². The van der Waals surface area contributed by atoms with Crippen LogP contribution in [0.15, 0.2) is 54.7 Å². The average Bonchev–Trinajstić information content (AvgIpc) is 3.67. The minimum absolute atomic E-state index is 0.0645. The van der Waals surface area contributed by atoms with Gasteiger partial charge < -0.3 is 33.8 Å². The number of carbonyl (C=O) groups excluding carboxylic acids is 1. The Bertz CT molecular complexity index is 1430. The third kappa shape index (κ3) is 3.44. The second-order valence-electron chi connectivity index (χ2n) is 9.19. The summed E-state index contributed by atoms with van der Waals surface area (Å²) in [4.78, 5) is 16.3. The van der Waals surface area contributed by atoms with Gasteiger partial charge in [-0.25, -0.2) is 4.79 Å². The Hall–Kier alpha value is -3.91. The molecule has 3 aliphatic rings. The lowest BCUT2D eigenvalue weighted by Gasteiger charge is -2.28. The number of amides is 1. The molecule has 4 aromatic rings. The highest BCUT2D eigenvalue weighted by molar-refractivity contribution is 5.86. The molecule has 8 nitrogen and oxygen atoms in total. The van der Waals surface area contributed by atoms with Crippen LogP contribution in [0.5, 0.6) is 17.2 Å². The van der Waals surface area contributed by atoms with Crippen LogP contribution < -0.4 is 19.5 Å². The molecule has 35 heavy (non-hydrogen) atoms. The molecular formula is C27H25N3O5. The molecular weight excluding hydrogens is 446 g/mol. The summed E-state index contributed by atoms with van der Waals surface area (Å²) < 4.78 is 24.8. The molecule has 0 radical (unpaired) electrons. The smallest absolute Gasteiger partial charge is 0.412 e. The molecule has 7 rings (SSSR count). The Morgan fingerprint density at radius 1 is 1.14 bits per heavy atom. The molecule has 0 saturated carbocycles. The summed E-state index contributed by atoms with van der Waals surface area (Å²) in [5, 5.41) is 4.03. The minimum Gasteiger partial charge on any atom is -0.454 e. The zero-order valence-electron chi connectivity index (χ0n) is 19.1. The first-order valence-electron chi connectivity index (χ1n) is 12.0. The lowest BCUT2D eigenvalue weighted by atomic mass is 9.92. The first kappa shape index (κ1) is 20.5. The number of aromatic nitrogens is 2. The highest BCUT2D eigenvalue weighted by Crippen LogP contribution is 2.44. The van der Waals surface area contributed by atoms with Crippen LogP contribution in [-0.2, 0) is 11.2 Å². The van der Waals surface area contributed by atoms with Gasteiger partial charge in [0, 0.05) is 42.4 Å². The molecule has 1 amide bonds. The molecule has 2 atom stereocenters. The Morgan fingerprint density at radius 2 is 2.06 bits per heavy atom. The molecule has 8 heteroatoms. The van der Waals surface area contributed by atoms with E-state index in [9.17, 15) is 4.79 Å². The predicted molar refractivity (Wildman–Crippen MR) is 128 cm³/mol. The van der Waals surface area contributed by atoms with E-state index in [0.29, 0.717) is 18.7 Å². The van der Waals surface area contributed by atoms with Gasteiger partial charge in [-0.05, 0) is 48.2 Å². The number of aromatic amines is 1. The van der Waals surface area contributed by atoms with Crippen molar-refractivity contribution in [3.63, 3.8) is 0 Å². The Kier molecular flexibility index (Phi) is 4.73. The van der Waals surface area contributed by atoms with Crippen molar-refractivity contribution in [3.8, 4) is 17.2 Å². The van der Waals surface area contributed by atoms with Crippen molar-refractivity contribution in [1.29, 1.82) is 0 Å². The van der Waals surface area contributed by atoms with E-state index in [4.69, 9.17) is 18.9 Å². The largest absolute Gasteiger partial charge is 0.454 e. The molecule has 2 aromatic heterocycles. The molecule has 2 aromatic carbocycles. The van der Waals surface area contributed by atoms with E-state index in [-0.39, 0.29) is 18.9 Å². The Morgan fingerprint density at radius 3 is 2.97 bits per heavy atom. The van der Waals surface area contributed by atoms with Crippen LogP contribution >= 0.6 is 0 Å². The number of carbonyl (C=O) groups is 1. The average molecular weight is 472 g/mol. The maximum atomic E-state index is 12.6. The van der Waals surface area contributed by atoms with Crippen molar-refractivity contribution in [3.05, 3.63) is 77.2 Å². The van der Waals surface area contributed by atoms with Crippen LogP contribution in [0.1, 0.15) is 41.4 Å². The lowest BCUT2D eigenvalue weighted by molar-refractivity contribution is 0.108. The normalized spacial score (nSPS) is 20.0. The van der Waals surface area contributed by atoms with Crippen LogP contribution in [-0.4, -0.2) is 41.7 Å². The van der Waals surface area contributed by atoms with Gasteiger partial charge in [0.25, 0.3) is 0 Å². The number of rotatable bonds is 4. The molecule has 0 spiro atoms. The monoisotopic (exact) mass is 471 g/mol. The van der Waals surface area contributed by atoms with Gasteiger partial charge >= 0.3 is 6.09 Å². The first-order chi connectivity index (χ1) is 17.2. The van der Waals surface area contributed by atoms with Gasteiger partial charge in [-0.15, -0.1) is 0 Å². The van der Waals surface area contributed by atoms with E-state index in [0.717, 1.165) is 53.4 Å². The number of nitrogens with one attached hydrogen (secondary N) is 2. The fourth-order valence-electron chi connectivity index (χ4n) is 5.47. The molecule has 2 unspecified atom stereocenters. The number of hydrogen-bond acceptors (Lipinski definition) is 5. The minimum atomic E-state index is -0.459. The maximum absolute atomic E-state index is 12.6. The fourth-order valence-corrected chi connectivity index (χ4v) is 5.47. The highest BCUT2D eigenvalue weighted by atomic mass is 16.7. The van der Waals surface area contributed by atoms with Crippen molar-refractivity contribution >= 4 is 17.0 Å². The molecule has 178 valence electrons. The SMILES string of the molecule is O=C(NCC1CCCO1)Oc1ccn2c1Cc1c([nH]c3ccccc13)C2c1ccc2c(c1)OCO2. The van der Waals surface area contributed by atoms with E-state index >= 15 is 0 Å². The lowest BCUT2D eigenvalue weighted by Crippen LogP contribution is -2.34. The summed E-state index contributed by atoms with van der Waals surface area (Å²) >= 11 is 0. The topological polar surface area (TPSA) is 86.7 Å². The summed E-state index contributed by atoms with van der Waals surface area (Å²) in [7, 11) is 0. The molecule has 1 fully saturated rings. The van der Waals surface area contributed by atoms with Crippen molar-refractivity contribution in [2.45, 2.75) is 31.4 Å². The van der Waals surface area contributed by atoms with Crippen LogP contribution in [0, 0.1) is 0 Å². The molecule has 0 bridgehead atoms. The number of hydrogen-bond donors (Lipinski definition) is 2. The predicted octanol–water partition coefficient (Wildman–Crippen LogP) is 4.51. The highest BCUT2D eigenvalue weighted by Gasteiger charge is 2.33. The van der Waals surface area contributed by atoms with Gasteiger partial charge in [0.05, 0.1) is 17.8 Å². The third-order valence-corrected chi connectivity index (χ3v) is 7.14. The summed E-state index contributed by atoms with van der Waals surface area (Å²) in [6.07, 6.45) is 4.24. The summed E-state index contributed by atoms with van der Waals surface area (Å²) in [6, 6.07) is 16.1. The molecule has 5 heterocycles. The second kappa shape index (κ2) is 8.09. The van der Waals surface area contributed by atoms with Crippen LogP contribution in [0.4, 0.5) is 4.79 Å². The zero-order valence-corrected chi connectivity index (χ0v) is 19.1. The molecule has 0 aliphatic carbocycles. The summed E-state index contributed by atoms with van der Waals surface area (Å²) in [5.74, 6) is 2.06. The number of para-hydroxylation sites is 1. The quantitative estimate of drug-likeness (QED) is 0.403. The maximum Gasteiger partial charge on any atom is 0.412 e. The number of fused-ring (bicyclic) bond motifs is 5. The van der Waals surface area contributed by atoms with Gasteiger partial charge in [0.2, 0.25) is 6.79 Å². The van der Waals surface area contributed by atoms with E-state index in [1.165, 1.54) is 10.9 Å². The van der Waals surface area contributed by atoms with E-state index in [2.05, 4.69) is 39.1 Å². The fraction of sp³-hybridized carbons (Fsp3) is 0.296. The standard InChI is InChI=1S/C27H25N3O5/c31-27(28-14-17-4-3-11-32-17)35-22-9-10-30-21(22)13-19-18-5-1-2-6-20(18)29-25(19)26(30)16-7-8-23-24(12-16)34-15-33-23/h1-2,5-10,12,17,26,29H,3-4,11,13-15H2,(H,28,31). The zero-order chi connectivity index (χ0) is 23.4. The van der Waals surface area contributed by atoms with Gasteiger partial charge in [0.15, 0.2) is 17.2 Å². The van der Waals surface area contributed by atoms with Crippen LogP contribution in [0.25, 0.3) is 10.9 Å². The van der Waals surface area contributed by atoms with Crippen molar-refractivity contribution in [1.82, 2.24) is 14.9 Å². The van der Waals surface area contributed by atoms with Gasteiger partial charge in [-0.1, -0.05) is 24.3 Å². The number of nitrogens with zero attached hydrogens (tertiary/aromatic N) is 1. The number of benzene rings is 2. The third-order valence-electron chi connectivity index (χ3n) is 7.14. The van der Waals surface area contributed by atoms with Crippen molar-refractivity contribution in [2.24, 2.45) is 0 Å². The summed E-state index contributed by atoms with van der Waals surface area (Å²) in [5.41, 5.74) is 5.44. The Balaban J connectivity index is 1.26.